The van der Waals surface area contributed by atoms with Crippen LogP contribution in [0.2, 0.25) is 6.82 Å². The van der Waals surface area contributed by atoms with Crippen LogP contribution in [0.25, 0.3) is 0 Å². The van der Waals surface area contributed by atoms with Crippen LogP contribution in [0.15, 0.2) is 30.3 Å². The summed E-state index contributed by atoms with van der Waals surface area (Å²) in [6, 6.07) is 9.49. The molecule has 1 aliphatic rings. The van der Waals surface area contributed by atoms with Gasteiger partial charge in [0.2, 0.25) is 5.91 Å². The van der Waals surface area contributed by atoms with Crippen LogP contribution >= 0.6 is 0 Å². The second-order valence-corrected chi connectivity index (χ2v) is 4.82. The lowest BCUT2D eigenvalue weighted by Gasteiger charge is -2.32. The summed E-state index contributed by atoms with van der Waals surface area (Å²) in [7, 11) is -0.475. The molecule has 1 aliphatic heterocycles. The van der Waals surface area contributed by atoms with Crippen LogP contribution in [0, 0.1) is 5.92 Å². The summed E-state index contributed by atoms with van der Waals surface area (Å²) >= 11 is 0. The van der Waals surface area contributed by atoms with E-state index in [-0.39, 0.29) is 11.8 Å². The first kappa shape index (κ1) is 13.1. The average molecular weight is 246 g/mol. The largest absolute Gasteiger partial charge is 0.437 e. The SMILES string of the molecule is CB(O)N1CCC[C@@H](C(=O)Nc2ccccc2)C1. The number of hydrogen-bond donors (Lipinski definition) is 2. The van der Waals surface area contributed by atoms with E-state index < -0.39 is 7.05 Å². The number of nitrogens with zero attached hydrogens (tertiary/aromatic N) is 1. The maximum absolute atomic E-state index is 12.1. The maximum Gasteiger partial charge on any atom is 0.376 e. The normalized spacial score (nSPS) is 20.4. The predicted octanol–water partition coefficient (Wildman–Crippen LogP) is 1.45. The molecule has 1 fully saturated rings. The summed E-state index contributed by atoms with van der Waals surface area (Å²) in [5, 5.41) is 12.5. The Morgan fingerprint density at radius 2 is 2.17 bits per heavy atom. The van der Waals surface area contributed by atoms with Gasteiger partial charge in [0.1, 0.15) is 0 Å². The molecule has 96 valence electrons. The van der Waals surface area contributed by atoms with E-state index in [2.05, 4.69) is 5.32 Å². The quantitative estimate of drug-likeness (QED) is 0.793. The first-order valence-corrected chi connectivity index (χ1v) is 6.45. The molecule has 4 nitrogen and oxygen atoms in total. The van der Waals surface area contributed by atoms with Crippen LogP contribution in [0.1, 0.15) is 12.8 Å². The van der Waals surface area contributed by atoms with Gasteiger partial charge in [0.25, 0.3) is 0 Å². The standard InChI is InChI=1S/C13H19BN2O2/c1-14(18)16-9-5-6-11(10-16)13(17)15-12-7-3-2-4-8-12/h2-4,7-8,11,18H,5-6,9-10H2,1H3,(H,15,17)/t11-/m1/s1. The zero-order chi connectivity index (χ0) is 13.0. The molecule has 0 aromatic heterocycles. The summed E-state index contributed by atoms with van der Waals surface area (Å²) < 4.78 is 0. The first-order chi connectivity index (χ1) is 8.66. The Bertz CT molecular complexity index is 397. The molecule has 1 aromatic rings. The van der Waals surface area contributed by atoms with Crippen molar-refractivity contribution in [2.75, 3.05) is 18.4 Å². The first-order valence-electron chi connectivity index (χ1n) is 6.45. The Morgan fingerprint density at radius 3 is 2.83 bits per heavy atom. The highest BCUT2D eigenvalue weighted by molar-refractivity contribution is 6.45. The molecule has 1 saturated heterocycles. The second-order valence-electron chi connectivity index (χ2n) is 4.82. The number of amides is 1. The Kier molecular flexibility index (Phi) is 4.39. The summed E-state index contributed by atoms with van der Waals surface area (Å²) in [5.74, 6) is 0.0140. The smallest absolute Gasteiger partial charge is 0.376 e. The zero-order valence-corrected chi connectivity index (χ0v) is 10.7. The molecule has 5 heteroatoms. The topological polar surface area (TPSA) is 52.6 Å². The van der Waals surface area contributed by atoms with Crippen LogP contribution in [0.3, 0.4) is 0 Å². The molecule has 0 aliphatic carbocycles. The Hall–Kier alpha value is -1.33. The summed E-state index contributed by atoms with van der Waals surface area (Å²) in [4.78, 5) is 14.1. The second kappa shape index (κ2) is 6.02. The molecule has 18 heavy (non-hydrogen) atoms. The van der Waals surface area contributed by atoms with Gasteiger partial charge >= 0.3 is 7.05 Å². The molecule has 1 heterocycles. The van der Waals surface area contributed by atoms with Gasteiger partial charge in [0.05, 0.1) is 5.92 Å². The Labute approximate surface area is 108 Å². The van der Waals surface area contributed by atoms with Gasteiger partial charge in [-0.05, 0) is 38.3 Å². The summed E-state index contributed by atoms with van der Waals surface area (Å²) in [6.07, 6.45) is 1.85. The molecule has 1 atom stereocenters. The van der Waals surface area contributed by atoms with E-state index in [1.165, 1.54) is 0 Å². The van der Waals surface area contributed by atoms with Crippen LogP contribution in [0.5, 0.6) is 0 Å². The molecule has 1 amide bonds. The Morgan fingerprint density at radius 1 is 1.44 bits per heavy atom. The van der Waals surface area contributed by atoms with Crippen molar-refractivity contribution in [1.29, 1.82) is 0 Å². The van der Waals surface area contributed by atoms with Crippen molar-refractivity contribution in [3.05, 3.63) is 30.3 Å². The molecule has 0 radical (unpaired) electrons. The lowest BCUT2D eigenvalue weighted by Crippen LogP contribution is -2.47. The molecular formula is C13H19BN2O2. The van der Waals surface area contributed by atoms with E-state index in [9.17, 15) is 9.82 Å². The fraction of sp³-hybridized carbons (Fsp3) is 0.462. The molecular weight excluding hydrogens is 227 g/mol. The van der Waals surface area contributed by atoms with Crippen molar-refractivity contribution >= 4 is 18.6 Å². The van der Waals surface area contributed by atoms with Gasteiger partial charge in [-0.2, -0.15) is 0 Å². The number of piperidine rings is 1. The van der Waals surface area contributed by atoms with Gasteiger partial charge in [-0.25, -0.2) is 0 Å². The van der Waals surface area contributed by atoms with Crippen molar-refractivity contribution < 1.29 is 9.82 Å². The van der Waals surface area contributed by atoms with Crippen molar-refractivity contribution in [2.45, 2.75) is 19.7 Å². The highest BCUT2D eigenvalue weighted by Gasteiger charge is 2.29. The van der Waals surface area contributed by atoms with Crippen LogP contribution < -0.4 is 5.32 Å². The van der Waals surface area contributed by atoms with Gasteiger partial charge < -0.3 is 15.2 Å². The maximum atomic E-state index is 12.1. The molecule has 0 spiro atoms. The van der Waals surface area contributed by atoms with Gasteiger partial charge in [0.15, 0.2) is 0 Å². The minimum absolute atomic E-state index is 0.0337. The number of carbonyl (C=O) groups is 1. The third-order valence-corrected chi connectivity index (χ3v) is 3.39. The fourth-order valence-electron chi connectivity index (χ4n) is 2.33. The minimum atomic E-state index is -0.475. The van der Waals surface area contributed by atoms with Crippen LogP contribution in [0.4, 0.5) is 5.69 Å². The van der Waals surface area contributed by atoms with Gasteiger partial charge in [-0.1, -0.05) is 18.2 Å². The molecule has 0 unspecified atom stereocenters. The van der Waals surface area contributed by atoms with Crippen molar-refractivity contribution in [3.63, 3.8) is 0 Å². The number of rotatable bonds is 3. The van der Waals surface area contributed by atoms with E-state index in [1.807, 2.05) is 35.1 Å². The third-order valence-electron chi connectivity index (χ3n) is 3.39. The molecule has 2 rings (SSSR count). The van der Waals surface area contributed by atoms with E-state index >= 15 is 0 Å². The van der Waals surface area contributed by atoms with E-state index in [0.29, 0.717) is 6.54 Å². The molecule has 0 saturated carbocycles. The van der Waals surface area contributed by atoms with Crippen molar-refractivity contribution in [1.82, 2.24) is 4.81 Å². The summed E-state index contributed by atoms with van der Waals surface area (Å²) in [5.41, 5.74) is 0.830. The summed E-state index contributed by atoms with van der Waals surface area (Å²) in [6.45, 7) is 3.25. The number of hydrogen-bond acceptors (Lipinski definition) is 3. The lowest BCUT2D eigenvalue weighted by atomic mass is 9.80. The third kappa shape index (κ3) is 3.34. The number of anilines is 1. The fourth-order valence-corrected chi connectivity index (χ4v) is 2.33. The lowest BCUT2D eigenvalue weighted by molar-refractivity contribution is -0.121. The van der Waals surface area contributed by atoms with E-state index in [4.69, 9.17) is 0 Å². The van der Waals surface area contributed by atoms with Crippen LogP contribution in [-0.4, -0.2) is 35.9 Å². The number of benzene rings is 1. The molecule has 2 N–H and O–H groups in total. The number of carbonyl (C=O) groups excluding carboxylic acids is 1. The average Bonchev–Trinajstić information content (AvgIpc) is 2.40. The van der Waals surface area contributed by atoms with Gasteiger partial charge in [-0.3, -0.25) is 4.79 Å². The minimum Gasteiger partial charge on any atom is -0.437 e. The zero-order valence-electron chi connectivity index (χ0n) is 10.7. The monoisotopic (exact) mass is 246 g/mol. The van der Waals surface area contributed by atoms with E-state index in [1.54, 1.807) is 6.82 Å². The van der Waals surface area contributed by atoms with Crippen LogP contribution in [-0.2, 0) is 4.79 Å². The van der Waals surface area contributed by atoms with E-state index in [0.717, 1.165) is 25.1 Å². The Balaban J connectivity index is 1.93. The van der Waals surface area contributed by atoms with Gasteiger partial charge in [0, 0.05) is 12.2 Å². The van der Waals surface area contributed by atoms with Crippen molar-refractivity contribution in [2.24, 2.45) is 5.92 Å². The highest BCUT2D eigenvalue weighted by atomic mass is 16.2. The highest BCUT2D eigenvalue weighted by Crippen LogP contribution is 2.19. The molecule has 1 aromatic carbocycles. The molecule has 0 bridgehead atoms. The predicted molar refractivity (Wildman–Crippen MR) is 73.2 cm³/mol. The van der Waals surface area contributed by atoms with Crippen molar-refractivity contribution in [3.8, 4) is 0 Å². The number of para-hydroxylation sites is 1. The van der Waals surface area contributed by atoms with Gasteiger partial charge in [-0.15, -0.1) is 0 Å². The number of nitrogens with one attached hydrogen (secondary N) is 1.